The SMILES string of the molecule is CCCC1(C(O)c2cccc([C@@H]3[C@@H](C/C=C\CCCC(=O)O)[C@H](Cl)C[C@H]3O)c2)CCC1. The summed E-state index contributed by atoms with van der Waals surface area (Å²) >= 11 is 6.63. The molecule has 0 radical (unpaired) electrons. The molecule has 0 bridgehead atoms. The number of aliphatic carboxylic acids is 1. The molecule has 0 aliphatic heterocycles. The van der Waals surface area contributed by atoms with Gasteiger partial charge in [0.2, 0.25) is 0 Å². The molecule has 2 aliphatic carbocycles. The van der Waals surface area contributed by atoms with E-state index in [4.69, 9.17) is 16.7 Å². The molecule has 31 heavy (non-hydrogen) atoms. The summed E-state index contributed by atoms with van der Waals surface area (Å²) in [5.41, 5.74) is 2.02. The monoisotopic (exact) mass is 448 g/mol. The molecule has 0 saturated heterocycles. The van der Waals surface area contributed by atoms with Crippen LogP contribution in [0.15, 0.2) is 36.4 Å². The molecule has 5 heteroatoms. The summed E-state index contributed by atoms with van der Waals surface area (Å²) in [6, 6.07) is 8.16. The van der Waals surface area contributed by atoms with Crippen molar-refractivity contribution in [2.45, 2.75) is 94.6 Å². The number of halogens is 1. The Morgan fingerprint density at radius 2 is 2.10 bits per heavy atom. The van der Waals surface area contributed by atoms with Gasteiger partial charge >= 0.3 is 5.97 Å². The average Bonchev–Trinajstić information content (AvgIpc) is 2.99. The van der Waals surface area contributed by atoms with Gasteiger partial charge < -0.3 is 15.3 Å². The zero-order valence-electron chi connectivity index (χ0n) is 18.5. The predicted molar refractivity (Wildman–Crippen MR) is 124 cm³/mol. The van der Waals surface area contributed by atoms with Crippen molar-refractivity contribution in [3.63, 3.8) is 0 Å². The van der Waals surface area contributed by atoms with Gasteiger partial charge in [-0.3, -0.25) is 4.79 Å². The maximum absolute atomic E-state index is 11.2. The first kappa shape index (κ1) is 24.3. The lowest BCUT2D eigenvalue weighted by Gasteiger charge is -2.46. The number of aliphatic hydroxyl groups is 2. The van der Waals surface area contributed by atoms with Gasteiger partial charge in [0, 0.05) is 23.1 Å². The molecule has 2 saturated carbocycles. The Bertz CT molecular complexity index is 758. The van der Waals surface area contributed by atoms with Gasteiger partial charge in [0.1, 0.15) is 0 Å². The van der Waals surface area contributed by atoms with Gasteiger partial charge in [-0.15, -0.1) is 11.6 Å². The minimum absolute atomic E-state index is 0.00871. The molecule has 0 spiro atoms. The molecule has 0 amide bonds. The molecule has 3 N–H and O–H groups in total. The molecule has 4 nitrogen and oxygen atoms in total. The Kier molecular flexibility index (Phi) is 8.60. The summed E-state index contributed by atoms with van der Waals surface area (Å²) < 4.78 is 0. The van der Waals surface area contributed by atoms with E-state index in [-0.39, 0.29) is 29.0 Å². The van der Waals surface area contributed by atoms with Crippen LogP contribution in [0.2, 0.25) is 0 Å². The normalized spacial score (nSPS) is 28.5. The van der Waals surface area contributed by atoms with E-state index in [9.17, 15) is 15.0 Å². The van der Waals surface area contributed by atoms with Gasteiger partial charge in [-0.1, -0.05) is 56.2 Å². The zero-order chi connectivity index (χ0) is 22.4. The number of rotatable bonds is 11. The number of aliphatic hydroxyl groups excluding tert-OH is 2. The fourth-order valence-corrected chi connectivity index (χ4v) is 6.09. The van der Waals surface area contributed by atoms with Crippen LogP contribution in [0, 0.1) is 11.3 Å². The van der Waals surface area contributed by atoms with Crippen LogP contribution in [-0.4, -0.2) is 32.8 Å². The van der Waals surface area contributed by atoms with E-state index in [1.807, 2.05) is 18.2 Å². The van der Waals surface area contributed by atoms with Crippen molar-refractivity contribution in [2.75, 3.05) is 0 Å². The molecular weight excluding hydrogens is 412 g/mol. The molecule has 1 unspecified atom stereocenters. The van der Waals surface area contributed by atoms with E-state index in [0.29, 0.717) is 12.8 Å². The highest BCUT2D eigenvalue weighted by Crippen LogP contribution is 2.54. The average molecular weight is 449 g/mol. The molecule has 2 fully saturated rings. The quantitative estimate of drug-likeness (QED) is 0.221. The minimum Gasteiger partial charge on any atom is -0.481 e. The van der Waals surface area contributed by atoms with Gasteiger partial charge in [0.15, 0.2) is 0 Å². The topological polar surface area (TPSA) is 77.8 Å². The Balaban J connectivity index is 1.71. The molecule has 5 atom stereocenters. The standard InChI is InChI=1S/C26H37ClO4/c1-2-13-26(14-8-15-26)25(31)19-10-7-9-18(16-19)24-20(21(27)17-22(24)28)11-5-3-4-6-12-23(29)30/h3,5,7,9-10,16,20-22,24-25,28,31H,2,4,6,8,11-15,17H2,1H3,(H,29,30)/b5-3-/t20-,21+,22+,24+,25?/m0/s1. The Hall–Kier alpha value is -1.36. The first-order chi connectivity index (χ1) is 14.9. The zero-order valence-corrected chi connectivity index (χ0v) is 19.3. The van der Waals surface area contributed by atoms with Gasteiger partial charge in [-0.25, -0.2) is 0 Å². The van der Waals surface area contributed by atoms with E-state index in [1.165, 1.54) is 6.42 Å². The first-order valence-electron chi connectivity index (χ1n) is 11.8. The smallest absolute Gasteiger partial charge is 0.303 e. The van der Waals surface area contributed by atoms with E-state index in [1.54, 1.807) is 0 Å². The number of hydrogen-bond donors (Lipinski definition) is 3. The predicted octanol–water partition coefficient (Wildman–Crippen LogP) is 5.96. The second kappa shape index (κ2) is 11.0. The number of allylic oxidation sites excluding steroid dienone is 2. The van der Waals surface area contributed by atoms with Crippen LogP contribution in [0.1, 0.15) is 94.3 Å². The van der Waals surface area contributed by atoms with Crippen LogP contribution in [0.4, 0.5) is 0 Å². The number of hydrogen-bond acceptors (Lipinski definition) is 3. The lowest BCUT2D eigenvalue weighted by atomic mass is 9.61. The van der Waals surface area contributed by atoms with Crippen LogP contribution in [0.5, 0.6) is 0 Å². The number of benzene rings is 1. The Morgan fingerprint density at radius 1 is 1.32 bits per heavy atom. The largest absolute Gasteiger partial charge is 0.481 e. The van der Waals surface area contributed by atoms with Gasteiger partial charge in [0.05, 0.1) is 12.2 Å². The van der Waals surface area contributed by atoms with Crippen LogP contribution in [-0.2, 0) is 4.79 Å². The number of alkyl halides is 1. The third-order valence-electron chi connectivity index (χ3n) is 7.43. The van der Waals surface area contributed by atoms with Crippen LogP contribution < -0.4 is 0 Å². The molecular formula is C26H37ClO4. The van der Waals surface area contributed by atoms with Gasteiger partial charge in [-0.2, -0.15) is 0 Å². The summed E-state index contributed by atoms with van der Waals surface area (Å²) in [4.78, 5) is 10.6. The van der Waals surface area contributed by atoms with E-state index in [0.717, 1.165) is 49.7 Å². The molecule has 1 aromatic carbocycles. The number of carbonyl (C=O) groups is 1. The lowest BCUT2D eigenvalue weighted by Crippen LogP contribution is -2.36. The summed E-state index contributed by atoms with van der Waals surface area (Å²) in [5, 5.41) is 30.6. The molecule has 0 aromatic heterocycles. The van der Waals surface area contributed by atoms with Gasteiger partial charge in [0.25, 0.3) is 0 Å². The molecule has 172 valence electrons. The van der Waals surface area contributed by atoms with E-state index in [2.05, 4.69) is 25.1 Å². The highest BCUT2D eigenvalue weighted by Gasteiger charge is 2.44. The second-order valence-electron chi connectivity index (χ2n) is 9.54. The van der Waals surface area contributed by atoms with Crippen LogP contribution >= 0.6 is 11.6 Å². The maximum atomic E-state index is 11.2. The molecule has 0 heterocycles. The van der Waals surface area contributed by atoms with Crippen molar-refractivity contribution >= 4 is 17.6 Å². The van der Waals surface area contributed by atoms with Crippen molar-refractivity contribution in [1.29, 1.82) is 0 Å². The Morgan fingerprint density at radius 3 is 2.74 bits per heavy atom. The second-order valence-corrected chi connectivity index (χ2v) is 10.1. The fraction of sp³-hybridized carbons (Fsp3) is 0.654. The van der Waals surface area contributed by atoms with Crippen molar-refractivity contribution in [1.82, 2.24) is 0 Å². The summed E-state index contributed by atoms with van der Waals surface area (Å²) in [6.07, 6.45) is 11.5. The summed E-state index contributed by atoms with van der Waals surface area (Å²) in [7, 11) is 0. The van der Waals surface area contributed by atoms with E-state index < -0.39 is 18.2 Å². The highest BCUT2D eigenvalue weighted by atomic mass is 35.5. The Labute approximate surface area is 191 Å². The van der Waals surface area contributed by atoms with E-state index >= 15 is 0 Å². The minimum atomic E-state index is -0.766. The molecule has 2 aliphatic rings. The number of carboxylic acids is 1. The first-order valence-corrected chi connectivity index (χ1v) is 12.3. The van der Waals surface area contributed by atoms with Crippen molar-refractivity contribution in [2.24, 2.45) is 11.3 Å². The van der Waals surface area contributed by atoms with Crippen molar-refractivity contribution < 1.29 is 20.1 Å². The van der Waals surface area contributed by atoms with Crippen LogP contribution in [0.25, 0.3) is 0 Å². The van der Waals surface area contributed by atoms with Crippen molar-refractivity contribution in [3.8, 4) is 0 Å². The third kappa shape index (κ3) is 5.71. The maximum Gasteiger partial charge on any atom is 0.303 e. The number of carboxylic acid groups (broad SMARTS) is 1. The highest BCUT2D eigenvalue weighted by molar-refractivity contribution is 6.21. The number of unbranched alkanes of at least 4 members (excludes halogenated alkanes) is 1. The molecule has 1 aromatic rings. The van der Waals surface area contributed by atoms with Crippen LogP contribution in [0.3, 0.4) is 0 Å². The lowest BCUT2D eigenvalue weighted by molar-refractivity contribution is -0.137. The summed E-state index contributed by atoms with van der Waals surface area (Å²) in [5.74, 6) is -0.701. The third-order valence-corrected chi connectivity index (χ3v) is 7.93. The van der Waals surface area contributed by atoms with Crippen molar-refractivity contribution in [3.05, 3.63) is 47.5 Å². The molecule has 3 rings (SSSR count). The fourth-order valence-electron chi connectivity index (χ4n) is 5.65. The summed E-state index contributed by atoms with van der Waals surface area (Å²) in [6.45, 7) is 2.18. The van der Waals surface area contributed by atoms with Gasteiger partial charge in [-0.05, 0) is 62.0 Å².